The summed E-state index contributed by atoms with van der Waals surface area (Å²) in [5.74, 6) is 1.03. The highest BCUT2D eigenvalue weighted by Crippen LogP contribution is 2.34. The number of aliphatic hydroxyl groups is 1. The molecule has 3 aromatic rings. The van der Waals surface area contributed by atoms with Crippen LogP contribution in [0.15, 0.2) is 30.5 Å². The van der Waals surface area contributed by atoms with Crippen LogP contribution in [0.4, 0.5) is 14.6 Å². The van der Waals surface area contributed by atoms with Crippen molar-refractivity contribution in [2.24, 2.45) is 5.92 Å². The molecule has 4 rings (SSSR count). The number of benzene rings is 1. The van der Waals surface area contributed by atoms with E-state index in [-0.39, 0.29) is 10.8 Å². The first-order valence-corrected chi connectivity index (χ1v) is 9.36. The van der Waals surface area contributed by atoms with Gasteiger partial charge in [0, 0.05) is 18.7 Å². The lowest BCUT2D eigenvalue weighted by molar-refractivity contribution is 0.0474. The minimum Gasteiger partial charge on any atom is -0.390 e. The third-order valence-electron chi connectivity index (χ3n) is 4.79. The highest BCUT2D eigenvalue weighted by atomic mass is 35.5. The number of rotatable bonds is 5. The molecule has 9 heteroatoms. The fourth-order valence-electron chi connectivity index (χ4n) is 3.67. The number of hydrogen-bond donors (Lipinski definition) is 1. The molecule has 0 spiro atoms. The third kappa shape index (κ3) is 3.66. The van der Waals surface area contributed by atoms with Crippen molar-refractivity contribution in [1.82, 2.24) is 19.7 Å². The van der Waals surface area contributed by atoms with E-state index >= 15 is 0 Å². The summed E-state index contributed by atoms with van der Waals surface area (Å²) in [4.78, 5) is 10.7. The maximum absolute atomic E-state index is 13.0. The first kappa shape index (κ1) is 19.0. The highest BCUT2D eigenvalue weighted by Gasteiger charge is 2.33. The molecule has 0 amide bonds. The molecule has 0 aliphatic carbocycles. The highest BCUT2D eigenvalue weighted by molar-refractivity contribution is 6.28. The molecular weight excluding hydrogens is 388 g/mol. The Kier molecular flexibility index (Phi) is 4.71. The fourth-order valence-corrected chi connectivity index (χ4v) is 3.83. The Morgan fingerprint density at radius 1 is 1.29 bits per heavy atom. The van der Waals surface area contributed by atoms with Crippen LogP contribution in [-0.4, -0.2) is 43.5 Å². The molecule has 3 heterocycles. The van der Waals surface area contributed by atoms with Crippen molar-refractivity contribution in [2.75, 3.05) is 18.0 Å². The van der Waals surface area contributed by atoms with Crippen LogP contribution in [0, 0.1) is 5.92 Å². The number of aromatic nitrogens is 4. The quantitative estimate of drug-likeness (QED) is 0.647. The van der Waals surface area contributed by atoms with Gasteiger partial charge in [0.15, 0.2) is 5.65 Å². The van der Waals surface area contributed by atoms with E-state index in [1.807, 2.05) is 0 Å². The Morgan fingerprint density at radius 2 is 2.04 bits per heavy atom. The number of halogens is 3. The lowest BCUT2D eigenvalue weighted by Gasteiger charge is -2.42. The second-order valence-corrected chi connectivity index (χ2v) is 8.13. The number of alkyl halides is 2. The zero-order valence-electron chi connectivity index (χ0n) is 15.5. The number of anilines is 1. The predicted octanol–water partition coefficient (Wildman–Crippen LogP) is 4.00. The molecule has 6 nitrogen and oxygen atoms in total. The third-order valence-corrected chi connectivity index (χ3v) is 4.96. The zero-order chi connectivity index (χ0) is 20.1. The minimum absolute atomic E-state index is 0.0696. The van der Waals surface area contributed by atoms with E-state index in [4.69, 9.17) is 11.6 Å². The summed E-state index contributed by atoms with van der Waals surface area (Å²) in [6.07, 6.45) is -0.242. The van der Waals surface area contributed by atoms with Gasteiger partial charge in [0.2, 0.25) is 5.28 Å². The molecule has 0 bridgehead atoms. The van der Waals surface area contributed by atoms with Crippen LogP contribution >= 0.6 is 11.6 Å². The molecule has 1 aliphatic rings. The monoisotopic (exact) mass is 407 g/mol. The van der Waals surface area contributed by atoms with Crippen LogP contribution in [-0.2, 0) is 0 Å². The van der Waals surface area contributed by atoms with E-state index in [0.717, 1.165) is 13.1 Å². The molecular formula is C19H20ClF2N5O. The second kappa shape index (κ2) is 6.93. The van der Waals surface area contributed by atoms with Crippen LogP contribution < -0.4 is 4.90 Å². The summed E-state index contributed by atoms with van der Waals surface area (Å²) in [6, 6.07) is 6.01. The maximum atomic E-state index is 13.0. The molecule has 0 radical (unpaired) electrons. The van der Waals surface area contributed by atoms with Gasteiger partial charge < -0.3 is 10.0 Å². The number of hydrogen-bond acceptors (Lipinski definition) is 5. The van der Waals surface area contributed by atoms with Gasteiger partial charge in [0.25, 0.3) is 6.43 Å². The van der Waals surface area contributed by atoms with E-state index in [1.54, 1.807) is 32.2 Å². The van der Waals surface area contributed by atoms with Crippen LogP contribution in [0.5, 0.6) is 0 Å². The summed E-state index contributed by atoms with van der Waals surface area (Å²) in [5, 5.41) is 15.1. The van der Waals surface area contributed by atoms with Crippen LogP contribution in [0.2, 0.25) is 5.28 Å². The van der Waals surface area contributed by atoms with Crippen molar-refractivity contribution >= 4 is 28.5 Å². The fraction of sp³-hybridized carbons (Fsp3) is 0.421. The Labute approximate surface area is 165 Å². The minimum atomic E-state index is -2.57. The van der Waals surface area contributed by atoms with Crippen molar-refractivity contribution in [3.63, 3.8) is 0 Å². The Morgan fingerprint density at radius 3 is 2.71 bits per heavy atom. The summed E-state index contributed by atoms with van der Waals surface area (Å²) < 4.78 is 27.6. The zero-order valence-corrected chi connectivity index (χ0v) is 16.2. The van der Waals surface area contributed by atoms with Gasteiger partial charge in [-0.15, -0.1) is 0 Å². The van der Waals surface area contributed by atoms with Gasteiger partial charge in [0.05, 0.1) is 22.9 Å². The van der Waals surface area contributed by atoms with Gasteiger partial charge >= 0.3 is 0 Å². The van der Waals surface area contributed by atoms with E-state index in [9.17, 15) is 13.9 Å². The average molecular weight is 408 g/mol. The molecule has 1 N–H and O–H groups in total. The van der Waals surface area contributed by atoms with E-state index in [2.05, 4.69) is 20.0 Å². The summed E-state index contributed by atoms with van der Waals surface area (Å²) in [5.41, 5.74) is 0.152. The molecule has 1 fully saturated rings. The summed E-state index contributed by atoms with van der Waals surface area (Å²) in [6.45, 7) is 5.09. The summed E-state index contributed by atoms with van der Waals surface area (Å²) in [7, 11) is 0. The van der Waals surface area contributed by atoms with Crippen molar-refractivity contribution in [3.05, 3.63) is 41.3 Å². The molecule has 2 aromatic heterocycles. The Bertz CT molecular complexity index is 1010. The second-order valence-electron chi connectivity index (χ2n) is 7.79. The van der Waals surface area contributed by atoms with Crippen LogP contribution in [0.3, 0.4) is 0 Å². The molecule has 148 valence electrons. The summed E-state index contributed by atoms with van der Waals surface area (Å²) >= 11 is 6.14. The number of nitrogens with zero attached hydrogens (tertiary/aromatic N) is 5. The first-order valence-electron chi connectivity index (χ1n) is 8.98. The maximum Gasteiger partial charge on any atom is 0.263 e. The van der Waals surface area contributed by atoms with Gasteiger partial charge in [-0.05, 0) is 49.9 Å². The molecule has 0 unspecified atom stereocenters. The van der Waals surface area contributed by atoms with Gasteiger partial charge in [0.1, 0.15) is 5.82 Å². The molecule has 1 aromatic carbocycles. The predicted molar refractivity (Wildman–Crippen MR) is 103 cm³/mol. The number of fused-ring (bicyclic) bond motifs is 1. The van der Waals surface area contributed by atoms with Crippen LogP contribution in [0.25, 0.3) is 16.7 Å². The molecule has 1 aliphatic heterocycles. The molecule has 1 saturated heterocycles. The van der Waals surface area contributed by atoms with Gasteiger partial charge in [-0.2, -0.15) is 15.1 Å². The largest absolute Gasteiger partial charge is 0.390 e. The van der Waals surface area contributed by atoms with Gasteiger partial charge in [-0.25, -0.2) is 13.5 Å². The van der Waals surface area contributed by atoms with Crippen molar-refractivity contribution in [3.8, 4) is 5.69 Å². The standard InChI is InChI=1S/C19H20ClF2N5O/c1-19(2,28)7-11-9-26(10-11)16-14-8-23-27(17(14)25-18(20)24-16)13-5-3-4-12(6-13)15(21)22/h3-6,8,11,15,28H,7,9-10H2,1-2H3. The average Bonchev–Trinajstić information content (AvgIpc) is 3.00. The molecule has 28 heavy (non-hydrogen) atoms. The molecule has 0 atom stereocenters. The van der Waals surface area contributed by atoms with Crippen LogP contribution in [0.1, 0.15) is 32.3 Å². The first-order chi connectivity index (χ1) is 13.2. The molecule has 0 saturated carbocycles. The van der Waals surface area contributed by atoms with Crippen molar-refractivity contribution in [1.29, 1.82) is 0 Å². The van der Waals surface area contributed by atoms with Crippen molar-refractivity contribution in [2.45, 2.75) is 32.3 Å². The lowest BCUT2D eigenvalue weighted by atomic mass is 9.88. The smallest absolute Gasteiger partial charge is 0.263 e. The van der Waals surface area contributed by atoms with Gasteiger partial charge in [-0.3, -0.25) is 0 Å². The normalized spacial score (nSPS) is 15.5. The SMILES string of the molecule is CC(C)(O)CC1CN(c2nc(Cl)nc3c2cnn3-c2cccc(C(F)F)c2)C1. The van der Waals surface area contributed by atoms with E-state index in [1.165, 1.54) is 16.8 Å². The van der Waals surface area contributed by atoms with Crippen molar-refractivity contribution < 1.29 is 13.9 Å². The lowest BCUT2D eigenvalue weighted by Crippen LogP contribution is -2.49. The van der Waals surface area contributed by atoms with Gasteiger partial charge in [-0.1, -0.05) is 12.1 Å². The van der Waals surface area contributed by atoms with E-state index in [0.29, 0.717) is 34.9 Å². The Balaban J connectivity index is 1.68. The van der Waals surface area contributed by atoms with E-state index < -0.39 is 12.0 Å². The topological polar surface area (TPSA) is 67.1 Å². The Hall–Kier alpha value is -2.32.